The third kappa shape index (κ3) is 10.7. The number of rotatable bonds is 19. The number of ether oxygens (including phenoxy) is 1. The molecule has 1 aliphatic rings. The Morgan fingerprint density at radius 2 is 1.61 bits per heavy atom. The quantitative estimate of drug-likeness (QED) is 0.0666. The second-order valence-electron chi connectivity index (χ2n) is 19.2. The van der Waals surface area contributed by atoms with E-state index in [0.717, 1.165) is 35.2 Å². The number of hydrogen-bond donors (Lipinski definition) is 4. The zero-order chi connectivity index (χ0) is 49.2. The van der Waals surface area contributed by atoms with E-state index in [2.05, 4.69) is 79.3 Å². The van der Waals surface area contributed by atoms with Crippen LogP contribution in [0.15, 0.2) is 67.1 Å². The molecule has 358 valence electrons. The minimum atomic E-state index is -3.40. The summed E-state index contributed by atoms with van der Waals surface area (Å²) in [6, 6.07) is 15.3. The number of nitrogens with one attached hydrogen (secondary N) is 4. The van der Waals surface area contributed by atoms with Crippen LogP contribution in [0.2, 0.25) is 5.02 Å². The Morgan fingerprint density at radius 1 is 0.924 bits per heavy atom. The van der Waals surface area contributed by atoms with Crippen LogP contribution in [0.1, 0.15) is 112 Å². The number of Topliss-reactive ketones (excluding diaryl/α,β-unsaturated/α-hetero) is 1. The molecule has 0 spiro atoms. The van der Waals surface area contributed by atoms with Crippen LogP contribution in [0.3, 0.4) is 0 Å². The maximum atomic E-state index is 15.4. The van der Waals surface area contributed by atoms with Gasteiger partial charge in [-0.2, -0.15) is 0 Å². The van der Waals surface area contributed by atoms with E-state index in [4.69, 9.17) is 16.3 Å². The number of urea groups is 1. The molecule has 1 aliphatic heterocycles. The molecule has 4 N–H and O–H groups in total. The normalized spacial score (nSPS) is 16.0. The van der Waals surface area contributed by atoms with Crippen molar-refractivity contribution in [1.82, 2.24) is 14.3 Å². The molecule has 2 unspecified atom stereocenters. The molecule has 5 rings (SSSR count). The average molecular weight is 948 g/mol. The fraction of sp³-hybridized carbons (Fsp3) is 0.490. The highest BCUT2D eigenvalue weighted by Crippen LogP contribution is 2.44. The van der Waals surface area contributed by atoms with Crippen molar-refractivity contribution in [1.29, 1.82) is 0 Å². The zero-order valence-corrected chi connectivity index (χ0v) is 42.2. The lowest BCUT2D eigenvalue weighted by molar-refractivity contribution is -0.143. The second kappa shape index (κ2) is 19.8. The molecule has 0 aliphatic carbocycles. The number of hydrogen-bond acceptors (Lipinski definition) is 9. The van der Waals surface area contributed by atoms with Gasteiger partial charge in [-0.3, -0.25) is 29.2 Å². The van der Waals surface area contributed by atoms with Crippen LogP contribution in [-0.4, -0.2) is 73.6 Å². The molecule has 1 aromatic heterocycles. The SMILES string of the molecule is CCC(Oc1ccc(C(C)(C)CC)cc1C(C)(C)CC)C(=O)Nc1ccc(Cl)c(NC(=O)C2(C(=O)C(C)(C)C)N(c3ccc(N(CC)CCNS(C)(=O)=O)cc3C)C(=O)Nc3cncn32)c1. The number of imidazole rings is 1. The molecule has 4 aromatic rings. The molecule has 66 heavy (non-hydrogen) atoms. The summed E-state index contributed by atoms with van der Waals surface area (Å²) in [5.74, 6) is -1.22. The van der Waals surface area contributed by atoms with Crippen molar-refractivity contribution in [2.75, 3.05) is 51.6 Å². The largest absolute Gasteiger partial charge is 0.480 e. The van der Waals surface area contributed by atoms with E-state index in [-0.39, 0.29) is 39.6 Å². The van der Waals surface area contributed by atoms with E-state index in [1.165, 1.54) is 34.8 Å². The Hall–Kier alpha value is -5.45. The van der Waals surface area contributed by atoms with Gasteiger partial charge in [-0.1, -0.05) is 93.0 Å². The van der Waals surface area contributed by atoms with Gasteiger partial charge in [0.05, 0.1) is 35.2 Å². The smallest absolute Gasteiger partial charge is 0.330 e. The maximum Gasteiger partial charge on any atom is 0.330 e. The molecule has 17 heteroatoms. The number of anilines is 5. The molecule has 3 aromatic carbocycles. The van der Waals surface area contributed by atoms with Crippen molar-refractivity contribution in [3.63, 3.8) is 0 Å². The topological polar surface area (TPSA) is 184 Å². The van der Waals surface area contributed by atoms with E-state index in [1.807, 2.05) is 30.9 Å². The first kappa shape index (κ1) is 51.5. The summed E-state index contributed by atoms with van der Waals surface area (Å²) >= 11 is 6.77. The van der Waals surface area contributed by atoms with E-state index >= 15 is 9.59 Å². The Kier molecular flexibility index (Phi) is 15.5. The van der Waals surface area contributed by atoms with Crippen molar-refractivity contribution < 1.29 is 32.3 Å². The number of ketones is 1. The minimum Gasteiger partial charge on any atom is -0.480 e. The van der Waals surface area contributed by atoms with Gasteiger partial charge >= 0.3 is 6.03 Å². The van der Waals surface area contributed by atoms with Crippen LogP contribution < -0.4 is 35.2 Å². The number of likely N-dealkylation sites (N-methyl/N-ethyl adjacent to an activating group) is 1. The molecule has 2 atom stereocenters. The molecule has 0 saturated carbocycles. The van der Waals surface area contributed by atoms with Gasteiger partial charge in [-0.05, 0) is 97.5 Å². The maximum absolute atomic E-state index is 15.4. The highest BCUT2D eigenvalue weighted by atomic mass is 35.5. The van der Waals surface area contributed by atoms with Crippen molar-refractivity contribution in [3.8, 4) is 5.75 Å². The fourth-order valence-electron chi connectivity index (χ4n) is 7.90. The Labute approximate surface area is 395 Å². The first-order valence-electron chi connectivity index (χ1n) is 22.5. The van der Waals surface area contributed by atoms with E-state index < -0.39 is 50.8 Å². The molecule has 4 amide bonds. The zero-order valence-electron chi connectivity index (χ0n) is 40.6. The second-order valence-corrected chi connectivity index (χ2v) is 21.5. The summed E-state index contributed by atoms with van der Waals surface area (Å²) < 4.78 is 33.9. The van der Waals surface area contributed by atoms with Crippen LogP contribution in [0, 0.1) is 12.3 Å². The van der Waals surface area contributed by atoms with Crippen LogP contribution in [0.5, 0.6) is 5.75 Å². The van der Waals surface area contributed by atoms with Crippen molar-refractivity contribution in [2.24, 2.45) is 5.41 Å². The Morgan fingerprint density at radius 3 is 2.20 bits per heavy atom. The predicted octanol–water partition coefficient (Wildman–Crippen LogP) is 9.35. The van der Waals surface area contributed by atoms with E-state index in [0.29, 0.717) is 36.5 Å². The van der Waals surface area contributed by atoms with Gasteiger partial charge in [-0.25, -0.2) is 22.9 Å². The first-order chi connectivity index (χ1) is 30.7. The van der Waals surface area contributed by atoms with Crippen LogP contribution in [-0.2, 0) is 40.9 Å². The van der Waals surface area contributed by atoms with Crippen LogP contribution in [0.4, 0.5) is 33.4 Å². The first-order valence-corrected chi connectivity index (χ1v) is 24.7. The molecular formula is C49H67ClN8O7S. The van der Waals surface area contributed by atoms with Gasteiger partial charge in [0, 0.05) is 42.0 Å². The molecule has 15 nitrogen and oxygen atoms in total. The highest BCUT2D eigenvalue weighted by Gasteiger charge is 2.61. The van der Waals surface area contributed by atoms with Crippen molar-refractivity contribution >= 4 is 73.8 Å². The van der Waals surface area contributed by atoms with E-state index in [1.54, 1.807) is 45.9 Å². The van der Waals surface area contributed by atoms with Gasteiger partial charge in [0.1, 0.15) is 11.6 Å². The van der Waals surface area contributed by atoms with Crippen LogP contribution in [0.25, 0.3) is 0 Å². The van der Waals surface area contributed by atoms with Gasteiger partial charge < -0.3 is 20.3 Å². The van der Waals surface area contributed by atoms with Crippen molar-refractivity contribution in [3.05, 3.63) is 88.8 Å². The molecule has 0 saturated heterocycles. The summed E-state index contributed by atoms with van der Waals surface area (Å²) in [5, 5.41) is 8.68. The number of benzene rings is 3. The number of nitrogens with zero attached hydrogens (tertiary/aromatic N) is 4. The Balaban J connectivity index is 1.53. The molecule has 0 radical (unpaired) electrons. The number of halogens is 1. The minimum absolute atomic E-state index is 0.0481. The number of sulfonamides is 1. The third-order valence-electron chi connectivity index (χ3n) is 12.6. The lowest BCUT2D eigenvalue weighted by Gasteiger charge is -2.47. The Bertz CT molecular complexity index is 2590. The number of amides is 4. The standard InChI is InChI=1S/C49H67ClN8O7S/c1-14-39(65-40-23-18-32(47(9,10)15-2)27-35(40)48(11,12)16-3)42(59)53-33-19-21-36(50)37(28-33)54-44(61)49(43(60)46(6,7)8)57-30-51-29-41(57)55-45(62)58(49)38-22-20-34(26-31(38)5)56(17-4)25-24-52-66(13,63)64/h18-23,26-30,39,52H,14-17,24-25H2,1-13H3,(H,53,59)(H,54,61)(H,55,62). The number of carbonyl (C=O) groups is 4. The van der Waals surface area contributed by atoms with Gasteiger partial charge in [-0.15, -0.1) is 0 Å². The number of aryl methyl sites for hydroxylation is 1. The highest BCUT2D eigenvalue weighted by molar-refractivity contribution is 7.88. The predicted molar refractivity (Wildman–Crippen MR) is 265 cm³/mol. The summed E-state index contributed by atoms with van der Waals surface area (Å²) in [6.07, 6.45) is 5.06. The third-order valence-corrected chi connectivity index (χ3v) is 13.7. The van der Waals surface area contributed by atoms with Gasteiger partial charge in [0.15, 0.2) is 11.9 Å². The molecular weight excluding hydrogens is 880 g/mol. The number of carbonyl (C=O) groups excluding carboxylic acids is 4. The summed E-state index contributed by atoms with van der Waals surface area (Å²) in [5.41, 5.74) is 0.223. The average Bonchev–Trinajstić information content (AvgIpc) is 3.72. The summed E-state index contributed by atoms with van der Waals surface area (Å²) in [6.45, 7) is 24.6. The van der Waals surface area contributed by atoms with E-state index in [9.17, 15) is 18.0 Å². The van der Waals surface area contributed by atoms with Gasteiger partial charge in [0.2, 0.25) is 10.0 Å². The lowest BCUT2D eigenvalue weighted by atomic mass is 9.76. The summed E-state index contributed by atoms with van der Waals surface area (Å²) in [4.78, 5) is 66.3. The molecule has 2 heterocycles. The van der Waals surface area contributed by atoms with Crippen LogP contribution >= 0.6 is 11.6 Å². The fourth-order valence-corrected chi connectivity index (χ4v) is 8.53. The summed E-state index contributed by atoms with van der Waals surface area (Å²) in [7, 11) is -3.40. The number of fused-ring (bicyclic) bond motifs is 1. The van der Waals surface area contributed by atoms with Gasteiger partial charge in [0.25, 0.3) is 17.5 Å². The molecule has 0 fully saturated rings. The lowest BCUT2D eigenvalue weighted by Crippen LogP contribution is -2.70. The monoisotopic (exact) mass is 946 g/mol. The van der Waals surface area contributed by atoms with Crippen molar-refractivity contribution in [2.45, 2.75) is 125 Å². The number of aromatic nitrogens is 2. The molecule has 0 bridgehead atoms.